The standard InChI is InChI=1S/C20H34O3/c1-2-3-4-5-6-10-13-18-17(15-16-19(18)21)12-9-7-8-11-14-20(22)23/h7,9-10,13,17-19,21H,2-6,8,11-12,14-16H2,1H3,(H,22,23)/b9-7-,13-10+/t17-,18?,19+/m0/s1. The molecule has 0 aromatic rings. The van der Waals surface area contributed by atoms with E-state index in [4.69, 9.17) is 5.11 Å². The lowest BCUT2D eigenvalue weighted by molar-refractivity contribution is -0.137. The van der Waals surface area contributed by atoms with Crippen molar-refractivity contribution in [3.8, 4) is 0 Å². The number of carbonyl (C=O) groups is 1. The molecule has 1 rings (SSSR count). The Morgan fingerprint density at radius 3 is 2.57 bits per heavy atom. The molecule has 132 valence electrons. The van der Waals surface area contributed by atoms with Crippen molar-refractivity contribution < 1.29 is 15.0 Å². The second-order valence-electron chi connectivity index (χ2n) is 6.75. The molecule has 3 heteroatoms. The first-order valence-electron chi connectivity index (χ1n) is 9.36. The molecular formula is C20H34O3. The molecule has 0 aliphatic heterocycles. The van der Waals surface area contributed by atoms with Gasteiger partial charge in [0, 0.05) is 12.3 Å². The molecular weight excluding hydrogens is 288 g/mol. The highest BCUT2D eigenvalue weighted by atomic mass is 16.4. The van der Waals surface area contributed by atoms with Gasteiger partial charge in [-0.2, -0.15) is 0 Å². The number of allylic oxidation sites excluding steroid dienone is 3. The molecule has 0 saturated heterocycles. The number of hydrogen-bond acceptors (Lipinski definition) is 2. The van der Waals surface area contributed by atoms with E-state index in [0.717, 1.165) is 32.1 Å². The van der Waals surface area contributed by atoms with Crippen LogP contribution in [0.2, 0.25) is 0 Å². The van der Waals surface area contributed by atoms with Crippen LogP contribution in [0.4, 0.5) is 0 Å². The van der Waals surface area contributed by atoms with E-state index >= 15 is 0 Å². The molecule has 1 saturated carbocycles. The van der Waals surface area contributed by atoms with E-state index in [0.29, 0.717) is 18.3 Å². The summed E-state index contributed by atoms with van der Waals surface area (Å²) in [7, 11) is 0. The Bertz CT molecular complexity index is 373. The number of aliphatic carboxylic acids is 1. The first-order valence-corrected chi connectivity index (χ1v) is 9.36. The first-order chi connectivity index (χ1) is 11.1. The van der Waals surface area contributed by atoms with Crippen molar-refractivity contribution in [1.29, 1.82) is 0 Å². The summed E-state index contributed by atoms with van der Waals surface area (Å²) in [6.45, 7) is 2.23. The minimum atomic E-state index is -0.721. The van der Waals surface area contributed by atoms with Gasteiger partial charge < -0.3 is 10.2 Å². The summed E-state index contributed by atoms with van der Waals surface area (Å²) >= 11 is 0. The Labute approximate surface area is 141 Å². The van der Waals surface area contributed by atoms with Crippen molar-refractivity contribution in [1.82, 2.24) is 0 Å². The van der Waals surface area contributed by atoms with Gasteiger partial charge in [-0.25, -0.2) is 0 Å². The fraction of sp³-hybridized carbons (Fsp3) is 0.750. The van der Waals surface area contributed by atoms with E-state index in [2.05, 4.69) is 31.2 Å². The number of aliphatic hydroxyl groups excluding tert-OH is 1. The highest BCUT2D eigenvalue weighted by Crippen LogP contribution is 2.36. The minimum absolute atomic E-state index is 0.188. The number of carboxylic acids is 1. The van der Waals surface area contributed by atoms with E-state index in [9.17, 15) is 9.90 Å². The first kappa shape index (κ1) is 20.0. The highest BCUT2D eigenvalue weighted by Gasteiger charge is 2.31. The Hall–Kier alpha value is -1.09. The summed E-state index contributed by atoms with van der Waals surface area (Å²) in [5.74, 6) is 0.110. The van der Waals surface area contributed by atoms with Gasteiger partial charge in [-0.15, -0.1) is 0 Å². The number of rotatable bonds is 12. The summed E-state index contributed by atoms with van der Waals surface area (Å²) in [6.07, 6.45) is 19.6. The van der Waals surface area contributed by atoms with Crippen molar-refractivity contribution in [3.63, 3.8) is 0 Å². The molecule has 0 heterocycles. The Balaban J connectivity index is 2.26. The molecule has 0 bridgehead atoms. The molecule has 0 aromatic heterocycles. The fourth-order valence-corrected chi connectivity index (χ4v) is 3.35. The average Bonchev–Trinajstić information content (AvgIpc) is 2.86. The highest BCUT2D eigenvalue weighted by molar-refractivity contribution is 5.66. The molecule has 0 amide bonds. The monoisotopic (exact) mass is 322 g/mol. The van der Waals surface area contributed by atoms with Gasteiger partial charge in [0.1, 0.15) is 0 Å². The molecule has 1 aliphatic rings. The van der Waals surface area contributed by atoms with Crippen LogP contribution in [0, 0.1) is 11.8 Å². The van der Waals surface area contributed by atoms with E-state index in [1.54, 1.807) is 0 Å². The van der Waals surface area contributed by atoms with Gasteiger partial charge in [0.05, 0.1) is 6.10 Å². The van der Waals surface area contributed by atoms with Crippen LogP contribution in [-0.4, -0.2) is 22.3 Å². The lowest BCUT2D eigenvalue weighted by atomic mass is 9.91. The molecule has 0 radical (unpaired) electrons. The van der Waals surface area contributed by atoms with Crippen molar-refractivity contribution in [2.45, 2.75) is 83.7 Å². The smallest absolute Gasteiger partial charge is 0.303 e. The predicted molar refractivity (Wildman–Crippen MR) is 95.4 cm³/mol. The van der Waals surface area contributed by atoms with Crippen LogP contribution in [0.3, 0.4) is 0 Å². The largest absolute Gasteiger partial charge is 0.481 e. The molecule has 1 aliphatic carbocycles. The van der Waals surface area contributed by atoms with Crippen LogP contribution in [0.15, 0.2) is 24.3 Å². The minimum Gasteiger partial charge on any atom is -0.481 e. The zero-order valence-corrected chi connectivity index (χ0v) is 14.6. The van der Waals surface area contributed by atoms with Crippen LogP contribution in [0.5, 0.6) is 0 Å². The van der Waals surface area contributed by atoms with Gasteiger partial charge in [0.2, 0.25) is 0 Å². The molecule has 0 aromatic carbocycles. The molecule has 2 N–H and O–H groups in total. The van der Waals surface area contributed by atoms with Crippen LogP contribution in [0.25, 0.3) is 0 Å². The van der Waals surface area contributed by atoms with Crippen LogP contribution in [0.1, 0.15) is 77.6 Å². The Kier molecular flexibility index (Phi) is 10.7. The van der Waals surface area contributed by atoms with E-state index < -0.39 is 5.97 Å². The summed E-state index contributed by atoms with van der Waals surface area (Å²) in [4.78, 5) is 10.4. The lowest BCUT2D eigenvalue weighted by Crippen LogP contribution is -2.16. The maximum absolute atomic E-state index is 10.4. The third kappa shape index (κ3) is 8.95. The number of unbranched alkanes of at least 4 members (excludes halogenated alkanes) is 5. The normalized spacial score (nSPS) is 24.9. The molecule has 1 unspecified atom stereocenters. The van der Waals surface area contributed by atoms with Crippen LogP contribution < -0.4 is 0 Å². The SMILES string of the molecule is CCCCCC/C=C/C1[C@@H](C/C=C\CCCC(=O)O)CC[C@H]1O. The van der Waals surface area contributed by atoms with Crippen LogP contribution >= 0.6 is 0 Å². The number of hydrogen-bond donors (Lipinski definition) is 2. The van der Waals surface area contributed by atoms with Crippen molar-refractivity contribution in [2.24, 2.45) is 11.8 Å². The zero-order chi connectivity index (χ0) is 16.9. The molecule has 3 nitrogen and oxygen atoms in total. The Morgan fingerprint density at radius 2 is 1.83 bits per heavy atom. The van der Waals surface area contributed by atoms with E-state index in [-0.39, 0.29) is 12.5 Å². The third-order valence-corrected chi connectivity index (χ3v) is 4.77. The maximum Gasteiger partial charge on any atom is 0.303 e. The van der Waals surface area contributed by atoms with E-state index in [1.165, 1.54) is 25.7 Å². The summed E-state index contributed by atoms with van der Waals surface area (Å²) in [5.41, 5.74) is 0. The summed E-state index contributed by atoms with van der Waals surface area (Å²) in [5, 5.41) is 18.8. The number of carboxylic acid groups (broad SMARTS) is 1. The molecule has 23 heavy (non-hydrogen) atoms. The summed E-state index contributed by atoms with van der Waals surface area (Å²) in [6, 6.07) is 0. The quantitative estimate of drug-likeness (QED) is 0.388. The Morgan fingerprint density at radius 1 is 1.04 bits per heavy atom. The second-order valence-corrected chi connectivity index (χ2v) is 6.75. The fourth-order valence-electron chi connectivity index (χ4n) is 3.35. The molecule has 3 atom stereocenters. The van der Waals surface area contributed by atoms with Crippen molar-refractivity contribution >= 4 is 5.97 Å². The zero-order valence-electron chi connectivity index (χ0n) is 14.6. The number of aliphatic hydroxyl groups is 1. The predicted octanol–water partition coefficient (Wildman–Crippen LogP) is 5.10. The average molecular weight is 322 g/mol. The van der Waals surface area contributed by atoms with Gasteiger partial charge >= 0.3 is 5.97 Å². The van der Waals surface area contributed by atoms with Gasteiger partial charge in [0.25, 0.3) is 0 Å². The van der Waals surface area contributed by atoms with Crippen molar-refractivity contribution in [2.75, 3.05) is 0 Å². The molecule has 0 spiro atoms. The third-order valence-electron chi connectivity index (χ3n) is 4.77. The van der Waals surface area contributed by atoms with E-state index in [1.807, 2.05) is 0 Å². The van der Waals surface area contributed by atoms with Gasteiger partial charge in [-0.05, 0) is 50.9 Å². The van der Waals surface area contributed by atoms with Crippen molar-refractivity contribution in [3.05, 3.63) is 24.3 Å². The summed E-state index contributed by atoms with van der Waals surface area (Å²) < 4.78 is 0. The maximum atomic E-state index is 10.4. The van der Waals surface area contributed by atoms with Crippen LogP contribution in [-0.2, 0) is 4.79 Å². The van der Waals surface area contributed by atoms with Gasteiger partial charge in [-0.3, -0.25) is 4.79 Å². The lowest BCUT2D eigenvalue weighted by Gasteiger charge is -2.17. The topological polar surface area (TPSA) is 57.5 Å². The van der Waals surface area contributed by atoms with Gasteiger partial charge in [-0.1, -0.05) is 50.5 Å². The molecule has 1 fully saturated rings. The van der Waals surface area contributed by atoms with Gasteiger partial charge in [0.15, 0.2) is 0 Å². The second kappa shape index (κ2) is 12.3.